The zero-order chi connectivity index (χ0) is 17.6. The summed E-state index contributed by atoms with van der Waals surface area (Å²) in [7, 11) is -1.42. The molecule has 6 nitrogen and oxygen atoms in total. The van der Waals surface area contributed by atoms with Crippen LogP contribution in [0.15, 0.2) is 29.2 Å². The van der Waals surface area contributed by atoms with Crippen LogP contribution >= 0.6 is 0 Å². The summed E-state index contributed by atoms with van der Waals surface area (Å²) >= 11 is 0. The van der Waals surface area contributed by atoms with Gasteiger partial charge in [-0.3, -0.25) is 4.79 Å². The van der Waals surface area contributed by atoms with E-state index < -0.39 is 10.0 Å². The molecule has 1 saturated heterocycles. The Morgan fingerprint density at radius 2 is 1.83 bits per heavy atom. The quantitative estimate of drug-likeness (QED) is 0.786. The van der Waals surface area contributed by atoms with Crippen molar-refractivity contribution in [3.63, 3.8) is 0 Å². The summed E-state index contributed by atoms with van der Waals surface area (Å²) < 4.78 is 27.4. The number of sulfonamides is 1. The van der Waals surface area contributed by atoms with Crippen LogP contribution in [0.1, 0.15) is 32.6 Å². The van der Waals surface area contributed by atoms with E-state index in [4.69, 9.17) is 0 Å². The third-order valence-electron chi connectivity index (χ3n) is 4.33. The van der Waals surface area contributed by atoms with Gasteiger partial charge in [-0.15, -0.1) is 0 Å². The Balaban J connectivity index is 1.90. The average molecular weight is 353 g/mol. The largest absolute Gasteiger partial charge is 0.326 e. The van der Waals surface area contributed by atoms with Crippen LogP contribution < -0.4 is 10.0 Å². The van der Waals surface area contributed by atoms with E-state index in [1.807, 2.05) is 6.92 Å². The number of carbonyl (C=O) groups is 1. The molecule has 1 aliphatic rings. The maximum Gasteiger partial charge on any atom is 0.240 e. The van der Waals surface area contributed by atoms with Crippen molar-refractivity contribution in [3.8, 4) is 0 Å². The second-order valence-corrected chi connectivity index (χ2v) is 8.19. The third-order valence-corrected chi connectivity index (χ3v) is 5.77. The van der Waals surface area contributed by atoms with E-state index >= 15 is 0 Å². The van der Waals surface area contributed by atoms with Gasteiger partial charge >= 0.3 is 0 Å². The molecule has 1 amide bonds. The molecule has 134 valence electrons. The average Bonchev–Trinajstić information content (AvgIpc) is 2.55. The van der Waals surface area contributed by atoms with Crippen LogP contribution in [0.25, 0.3) is 0 Å². The third kappa shape index (κ3) is 5.58. The summed E-state index contributed by atoms with van der Waals surface area (Å²) in [5, 5.41) is 2.75. The molecule has 1 aliphatic heterocycles. The number of anilines is 1. The van der Waals surface area contributed by atoms with Gasteiger partial charge in [0.1, 0.15) is 0 Å². The SMILES string of the molecule is CCCC(=O)Nc1ccc(S(=O)(=O)NCC2CCN(C)CC2)cc1. The molecule has 0 spiro atoms. The Kier molecular flexibility index (Phi) is 6.77. The topological polar surface area (TPSA) is 78.5 Å². The van der Waals surface area contributed by atoms with E-state index in [9.17, 15) is 13.2 Å². The minimum atomic E-state index is -3.50. The van der Waals surface area contributed by atoms with E-state index in [0.717, 1.165) is 32.4 Å². The molecule has 1 aromatic carbocycles. The van der Waals surface area contributed by atoms with Crippen molar-refractivity contribution in [1.82, 2.24) is 9.62 Å². The molecule has 24 heavy (non-hydrogen) atoms. The summed E-state index contributed by atoms with van der Waals surface area (Å²) in [6.45, 7) is 4.44. The van der Waals surface area contributed by atoms with Crippen LogP contribution in [0.4, 0.5) is 5.69 Å². The van der Waals surface area contributed by atoms with Gasteiger partial charge in [-0.2, -0.15) is 0 Å². The predicted molar refractivity (Wildman–Crippen MR) is 95.4 cm³/mol. The second-order valence-electron chi connectivity index (χ2n) is 6.42. The van der Waals surface area contributed by atoms with E-state index in [2.05, 4.69) is 22.0 Å². The van der Waals surface area contributed by atoms with Crippen LogP contribution in [-0.4, -0.2) is 45.9 Å². The maximum atomic E-state index is 12.4. The van der Waals surface area contributed by atoms with Gasteiger partial charge in [0.05, 0.1) is 4.90 Å². The molecule has 0 saturated carbocycles. The van der Waals surface area contributed by atoms with Crippen molar-refractivity contribution in [1.29, 1.82) is 0 Å². The number of piperidine rings is 1. The highest BCUT2D eigenvalue weighted by atomic mass is 32.2. The zero-order valence-electron chi connectivity index (χ0n) is 14.4. The molecule has 1 aromatic rings. The summed E-state index contributed by atoms with van der Waals surface area (Å²) in [4.78, 5) is 14.0. The molecule has 2 rings (SSSR count). The van der Waals surface area contributed by atoms with Gasteiger partial charge in [0, 0.05) is 18.7 Å². The summed E-state index contributed by atoms with van der Waals surface area (Å²) in [5.74, 6) is 0.331. The number of rotatable bonds is 7. The van der Waals surface area contributed by atoms with Gasteiger partial charge in [0.15, 0.2) is 0 Å². The number of nitrogens with one attached hydrogen (secondary N) is 2. The van der Waals surface area contributed by atoms with Crippen molar-refractivity contribution < 1.29 is 13.2 Å². The van der Waals surface area contributed by atoms with Gasteiger partial charge in [-0.1, -0.05) is 6.92 Å². The smallest absolute Gasteiger partial charge is 0.240 e. The van der Waals surface area contributed by atoms with Crippen molar-refractivity contribution in [3.05, 3.63) is 24.3 Å². The van der Waals surface area contributed by atoms with Gasteiger partial charge in [-0.25, -0.2) is 13.1 Å². The number of carbonyl (C=O) groups excluding carboxylic acids is 1. The molecule has 0 bridgehead atoms. The molecule has 0 radical (unpaired) electrons. The van der Waals surface area contributed by atoms with Crippen LogP contribution in [0.3, 0.4) is 0 Å². The molecule has 0 aromatic heterocycles. The van der Waals surface area contributed by atoms with Crippen molar-refractivity contribution in [2.75, 3.05) is 32.0 Å². The molecule has 7 heteroatoms. The highest BCUT2D eigenvalue weighted by Gasteiger charge is 2.20. The number of hydrogen-bond acceptors (Lipinski definition) is 4. The number of benzene rings is 1. The van der Waals surface area contributed by atoms with Gasteiger partial charge in [0.2, 0.25) is 15.9 Å². The lowest BCUT2D eigenvalue weighted by molar-refractivity contribution is -0.116. The number of likely N-dealkylation sites (tertiary alicyclic amines) is 1. The van der Waals surface area contributed by atoms with Crippen LogP contribution in [0.2, 0.25) is 0 Å². The minimum absolute atomic E-state index is 0.0616. The highest BCUT2D eigenvalue weighted by molar-refractivity contribution is 7.89. The summed E-state index contributed by atoms with van der Waals surface area (Å²) in [6, 6.07) is 6.30. The summed E-state index contributed by atoms with van der Waals surface area (Å²) in [5.41, 5.74) is 0.614. The Hall–Kier alpha value is -1.44. The Morgan fingerprint density at radius 1 is 1.21 bits per heavy atom. The number of hydrogen-bond donors (Lipinski definition) is 2. The zero-order valence-corrected chi connectivity index (χ0v) is 15.2. The first-order valence-corrected chi connectivity index (χ1v) is 9.97. The highest BCUT2D eigenvalue weighted by Crippen LogP contribution is 2.18. The maximum absolute atomic E-state index is 12.4. The second kappa shape index (κ2) is 8.60. The van der Waals surface area contributed by atoms with E-state index in [-0.39, 0.29) is 10.8 Å². The lowest BCUT2D eigenvalue weighted by Crippen LogP contribution is -2.36. The molecule has 0 atom stereocenters. The van der Waals surface area contributed by atoms with Gasteiger partial charge in [-0.05, 0) is 69.6 Å². The van der Waals surface area contributed by atoms with E-state index in [1.165, 1.54) is 12.1 Å². The standard InChI is InChI=1S/C17H27N3O3S/c1-3-4-17(21)19-15-5-7-16(8-6-15)24(22,23)18-13-14-9-11-20(2)12-10-14/h5-8,14,18H,3-4,9-13H2,1-2H3,(H,19,21). The molecule has 0 aliphatic carbocycles. The van der Waals surface area contributed by atoms with Crippen LogP contribution in [0, 0.1) is 5.92 Å². The molecule has 0 unspecified atom stereocenters. The lowest BCUT2D eigenvalue weighted by Gasteiger charge is -2.28. The lowest BCUT2D eigenvalue weighted by atomic mass is 9.98. The Bertz CT molecular complexity index is 636. The van der Waals surface area contributed by atoms with Gasteiger partial charge in [0.25, 0.3) is 0 Å². The minimum Gasteiger partial charge on any atom is -0.326 e. The van der Waals surface area contributed by atoms with Crippen LogP contribution in [0.5, 0.6) is 0 Å². The fourth-order valence-electron chi connectivity index (χ4n) is 2.75. The van der Waals surface area contributed by atoms with Gasteiger partial charge < -0.3 is 10.2 Å². The first-order chi connectivity index (χ1) is 11.4. The molecular formula is C17H27N3O3S. The Morgan fingerprint density at radius 3 is 2.42 bits per heavy atom. The normalized spacial score (nSPS) is 16.9. The summed E-state index contributed by atoms with van der Waals surface area (Å²) in [6.07, 6.45) is 3.26. The van der Waals surface area contributed by atoms with E-state index in [1.54, 1.807) is 12.1 Å². The van der Waals surface area contributed by atoms with Crippen molar-refractivity contribution in [2.45, 2.75) is 37.5 Å². The monoisotopic (exact) mass is 353 g/mol. The first-order valence-electron chi connectivity index (χ1n) is 8.49. The predicted octanol–water partition coefficient (Wildman–Crippen LogP) is 2.05. The first kappa shape index (κ1) is 18.9. The number of amides is 1. The molecule has 2 N–H and O–H groups in total. The fourth-order valence-corrected chi connectivity index (χ4v) is 3.86. The van der Waals surface area contributed by atoms with E-state index in [0.29, 0.717) is 24.6 Å². The molecule has 1 fully saturated rings. The fraction of sp³-hybridized carbons (Fsp3) is 0.588. The van der Waals surface area contributed by atoms with Crippen LogP contribution in [-0.2, 0) is 14.8 Å². The molecule has 1 heterocycles. The van der Waals surface area contributed by atoms with Crippen molar-refractivity contribution >= 4 is 21.6 Å². The van der Waals surface area contributed by atoms with Crippen molar-refractivity contribution in [2.24, 2.45) is 5.92 Å². The molecular weight excluding hydrogens is 326 g/mol. The number of nitrogens with zero attached hydrogens (tertiary/aromatic N) is 1. The Labute approximate surface area is 144 Å².